The summed E-state index contributed by atoms with van der Waals surface area (Å²) in [5.41, 5.74) is 1.42. The third-order valence-corrected chi connectivity index (χ3v) is 5.71. The molecule has 1 aliphatic heterocycles. The molecule has 0 bridgehead atoms. The van der Waals surface area contributed by atoms with Crippen LogP contribution in [-0.2, 0) is 15.1 Å². The van der Waals surface area contributed by atoms with Crippen LogP contribution < -0.4 is 9.64 Å². The van der Waals surface area contributed by atoms with Crippen molar-refractivity contribution < 1.29 is 19.1 Å². The number of rotatable bonds is 5. The van der Waals surface area contributed by atoms with Crippen molar-refractivity contribution >= 4 is 29.2 Å². The molecule has 0 saturated carbocycles. The predicted octanol–water partition coefficient (Wildman–Crippen LogP) is 4.82. The van der Waals surface area contributed by atoms with E-state index in [1.807, 2.05) is 54.6 Å². The molecule has 30 heavy (non-hydrogen) atoms. The maximum absolute atomic E-state index is 13.8. The fraction of sp³-hybridized carbons (Fsp3) is 0.167. The number of carbonyl (C=O) groups is 2. The quantitative estimate of drug-likeness (QED) is 0.554. The van der Waals surface area contributed by atoms with Gasteiger partial charge < -0.3 is 9.47 Å². The number of hydrogen-bond acceptors (Lipinski definition) is 4. The van der Waals surface area contributed by atoms with E-state index in [0.717, 1.165) is 5.56 Å². The van der Waals surface area contributed by atoms with E-state index in [2.05, 4.69) is 0 Å². The van der Waals surface area contributed by atoms with Gasteiger partial charge in [0.05, 0.1) is 26.2 Å². The molecule has 1 aliphatic rings. The maximum Gasteiger partial charge on any atom is 0.308 e. The van der Waals surface area contributed by atoms with Crippen molar-refractivity contribution in [3.05, 3.63) is 94.5 Å². The highest BCUT2D eigenvalue weighted by molar-refractivity contribution is 6.30. The van der Waals surface area contributed by atoms with Crippen molar-refractivity contribution in [1.82, 2.24) is 0 Å². The molecule has 3 aromatic carbocycles. The lowest BCUT2D eigenvalue weighted by atomic mass is 9.79. The summed E-state index contributed by atoms with van der Waals surface area (Å²) < 4.78 is 10.5. The van der Waals surface area contributed by atoms with Gasteiger partial charge in [-0.3, -0.25) is 14.5 Å². The smallest absolute Gasteiger partial charge is 0.308 e. The largest absolute Gasteiger partial charge is 0.496 e. The highest BCUT2D eigenvalue weighted by Gasteiger charge is 2.54. The van der Waals surface area contributed by atoms with E-state index in [4.69, 9.17) is 21.1 Å². The van der Waals surface area contributed by atoms with Crippen LogP contribution in [0.2, 0.25) is 5.02 Å². The average Bonchev–Trinajstić information content (AvgIpc) is 3.03. The Morgan fingerprint density at radius 2 is 1.67 bits per heavy atom. The van der Waals surface area contributed by atoms with E-state index < -0.39 is 11.5 Å². The van der Waals surface area contributed by atoms with E-state index in [-0.39, 0.29) is 12.3 Å². The fourth-order valence-corrected chi connectivity index (χ4v) is 4.28. The van der Waals surface area contributed by atoms with Crippen molar-refractivity contribution in [1.29, 1.82) is 0 Å². The SMILES string of the molecule is COC(=O)CC1(c2ccc(Cl)cc2)c2cccc(OC)c2C(=O)N1c1ccccc1. The van der Waals surface area contributed by atoms with Gasteiger partial charge in [0.25, 0.3) is 5.91 Å². The molecule has 5 nitrogen and oxygen atoms in total. The Morgan fingerprint density at radius 1 is 0.967 bits per heavy atom. The number of methoxy groups -OCH3 is 2. The molecule has 0 fully saturated rings. The fourth-order valence-electron chi connectivity index (χ4n) is 4.15. The van der Waals surface area contributed by atoms with Gasteiger partial charge in [-0.2, -0.15) is 0 Å². The lowest BCUT2D eigenvalue weighted by molar-refractivity contribution is -0.141. The zero-order valence-electron chi connectivity index (χ0n) is 16.6. The van der Waals surface area contributed by atoms with Crippen molar-refractivity contribution in [3.63, 3.8) is 0 Å². The van der Waals surface area contributed by atoms with Crippen molar-refractivity contribution in [2.75, 3.05) is 19.1 Å². The number of nitrogens with zero attached hydrogens (tertiary/aromatic N) is 1. The molecule has 1 unspecified atom stereocenters. The first-order chi connectivity index (χ1) is 14.5. The number of amides is 1. The second-order valence-electron chi connectivity index (χ2n) is 6.98. The molecular weight excluding hydrogens is 402 g/mol. The molecule has 4 rings (SSSR count). The molecule has 0 spiro atoms. The van der Waals surface area contributed by atoms with Gasteiger partial charge in [-0.1, -0.05) is 54.1 Å². The molecule has 1 atom stereocenters. The monoisotopic (exact) mass is 421 g/mol. The predicted molar refractivity (Wildman–Crippen MR) is 115 cm³/mol. The highest BCUT2D eigenvalue weighted by Crippen LogP contribution is 2.51. The average molecular weight is 422 g/mol. The number of esters is 1. The number of benzene rings is 3. The zero-order valence-corrected chi connectivity index (χ0v) is 17.3. The van der Waals surface area contributed by atoms with Crippen LogP contribution in [0.15, 0.2) is 72.8 Å². The summed E-state index contributed by atoms with van der Waals surface area (Å²) in [4.78, 5) is 28.1. The molecule has 0 aliphatic carbocycles. The minimum Gasteiger partial charge on any atom is -0.496 e. The Morgan fingerprint density at radius 3 is 2.30 bits per heavy atom. The van der Waals surface area contributed by atoms with E-state index in [1.165, 1.54) is 14.2 Å². The number of fused-ring (bicyclic) bond motifs is 1. The molecule has 3 aromatic rings. The maximum atomic E-state index is 13.8. The molecular formula is C24H20ClNO4. The normalized spacial score (nSPS) is 17.6. The number of hydrogen-bond donors (Lipinski definition) is 0. The summed E-state index contributed by atoms with van der Waals surface area (Å²) in [6.45, 7) is 0. The van der Waals surface area contributed by atoms with Crippen molar-refractivity contribution in [2.24, 2.45) is 0 Å². The van der Waals surface area contributed by atoms with Crippen LogP contribution in [0.4, 0.5) is 5.69 Å². The third kappa shape index (κ3) is 3.02. The molecule has 0 N–H and O–H groups in total. The second kappa shape index (κ2) is 7.84. The van der Waals surface area contributed by atoms with Crippen molar-refractivity contribution in [3.8, 4) is 5.75 Å². The van der Waals surface area contributed by atoms with E-state index >= 15 is 0 Å². The topological polar surface area (TPSA) is 55.8 Å². The molecule has 0 saturated heterocycles. The first kappa shape index (κ1) is 20.0. The Balaban J connectivity index is 2.09. The molecule has 0 radical (unpaired) electrons. The lowest BCUT2D eigenvalue weighted by Gasteiger charge is -2.39. The number of anilines is 1. The number of halogens is 1. The molecule has 6 heteroatoms. The van der Waals surface area contributed by atoms with Crippen LogP contribution in [0.3, 0.4) is 0 Å². The van der Waals surface area contributed by atoms with Gasteiger partial charge in [0.2, 0.25) is 0 Å². The van der Waals surface area contributed by atoms with Gasteiger partial charge in [-0.25, -0.2) is 0 Å². The van der Waals surface area contributed by atoms with E-state index in [1.54, 1.807) is 23.1 Å². The number of carbonyl (C=O) groups excluding carboxylic acids is 2. The summed E-state index contributed by atoms with van der Waals surface area (Å²) >= 11 is 6.13. The molecule has 1 amide bonds. The Labute approximate surface area is 179 Å². The standard InChI is InChI=1S/C24H20ClNO4/c1-29-20-10-6-9-19-22(20)23(28)26(18-7-4-3-5-8-18)24(19,15-21(27)30-2)16-11-13-17(25)14-12-16/h3-14H,15H2,1-2H3. The zero-order chi connectivity index (χ0) is 21.3. The highest BCUT2D eigenvalue weighted by atomic mass is 35.5. The minimum atomic E-state index is -1.11. The van der Waals surface area contributed by atoms with Gasteiger partial charge in [0.1, 0.15) is 11.3 Å². The van der Waals surface area contributed by atoms with E-state index in [0.29, 0.717) is 27.6 Å². The summed E-state index contributed by atoms with van der Waals surface area (Å²) in [5.74, 6) is -0.221. The first-order valence-electron chi connectivity index (χ1n) is 9.43. The summed E-state index contributed by atoms with van der Waals surface area (Å²) in [6, 6.07) is 21.9. The Hall–Kier alpha value is -3.31. The van der Waals surface area contributed by atoms with Crippen molar-refractivity contribution in [2.45, 2.75) is 12.0 Å². The second-order valence-corrected chi connectivity index (χ2v) is 7.42. The van der Waals surface area contributed by atoms with Crippen LogP contribution in [0.1, 0.15) is 27.9 Å². The van der Waals surface area contributed by atoms with Gasteiger partial charge in [-0.15, -0.1) is 0 Å². The van der Waals surface area contributed by atoms with Crippen LogP contribution >= 0.6 is 11.6 Å². The first-order valence-corrected chi connectivity index (χ1v) is 9.80. The minimum absolute atomic E-state index is 0.0636. The summed E-state index contributed by atoms with van der Waals surface area (Å²) in [6.07, 6.45) is -0.0636. The van der Waals surface area contributed by atoms with Crippen LogP contribution in [-0.4, -0.2) is 26.1 Å². The third-order valence-electron chi connectivity index (χ3n) is 5.45. The summed E-state index contributed by atoms with van der Waals surface area (Å²) in [5, 5.41) is 0.563. The Bertz CT molecular complexity index is 1100. The van der Waals surface area contributed by atoms with Crippen LogP contribution in [0.5, 0.6) is 5.75 Å². The van der Waals surface area contributed by atoms with Gasteiger partial charge in [0, 0.05) is 10.7 Å². The Kier molecular flexibility index (Phi) is 5.22. The number of para-hydroxylation sites is 1. The van der Waals surface area contributed by atoms with Gasteiger partial charge in [-0.05, 0) is 41.5 Å². The molecule has 152 valence electrons. The van der Waals surface area contributed by atoms with Crippen LogP contribution in [0.25, 0.3) is 0 Å². The van der Waals surface area contributed by atoms with Gasteiger partial charge in [0.15, 0.2) is 0 Å². The summed E-state index contributed by atoms with van der Waals surface area (Å²) in [7, 11) is 2.87. The van der Waals surface area contributed by atoms with E-state index in [9.17, 15) is 9.59 Å². The van der Waals surface area contributed by atoms with Crippen LogP contribution in [0, 0.1) is 0 Å². The van der Waals surface area contributed by atoms with Gasteiger partial charge >= 0.3 is 5.97 Å². The molecule has 0 aromatic heterocycles. The molecule has 1 heterocycles. The lowest BCUT2D eigenvalue weighted by Crippen LogP contribution is -2.46. The number of ether oxygens (including phenoxy) is 2.